The first-order chi connectivity index (χ1) is 12.8. The average Bonchev–Trinajstić information content (AvgIpc) is 3.10. The van der Waals surface area contributed by atoms with Crippen LogP contribution in [0.15, 0.2) is 61.1 Å². The molecular weight excluding hydrogens is 340 g/mol. The van der Waals surface area contributed by atoms with Crippen LogP contribution in [-0.4, -0.2) is 26.4 Å². The molecule has 5 heteroatoms. The van der Waals surface area contributed by atoms with Crippen molar-refractivity contribution in [1.82, 2.24) is 19.9 Å². The van der Waals surface area contributed by atoms with Gasteiger partial charge in [0.2, 0.25) is 0 Å². The number of benzene rings is 1. The van der Waals surface area contributed by atoms with Crippen molar-refractivity contribution in [3.63, 3.8) is 0 Å². The van der Waals surface area contributed by atoms with Gasteiger partial charge in [0.1, 0.15) is 0 Å². The van der Waals surface area contributed by atoms with Gasteiger partial charge < -0.3 is 0 Å². The van der Waals surface area contributed by atoms with Crippen molar-refractivity contribution in [2.75, 3.05) is 6.54 Å². The van der Waals surface area contributed by atoms with E-state index in [4.69, 9.17) is 4.98 Å². The van der Waals surface area contributed by atoms with Crippen molar-refractivity contribution >= 4 is 21.4 Å². The molecule has 0 saturated heterocycles. The molecule has 0 aliphatic carbocycles. The van der Waals surface area contributed by atoms with Gasteiger partial charge in [0.25, 0.3) is 0 Å². The Morgan fingerprint density at radius 1 is 1.08 bits per heavy atom. The zero-order chi connectivity index (χ0) is 17.3. The Hall–Kier alpha value is -2.63. The second-order valence-electron chi connectivity index (χ2n) is 6.61. The quantitative estimate of drug-likeness (QED) is 0.547. The summed E-state index contributed by atoms with van der Waals surface area (Å²) >= 11 is 1.89. The molecule has 5 rings (SSSR count). The lowest BCUT2D eigenvalue weighted by molar-refractivity contribution is 0.245. The fourth-order valence-corrected chi connectivity index (χ4v) is 4.59. The van der Waals surface area contributed by atoms with Crippen molar-refractivity contribution in [3.8, 4) is 11.4 Å². The number of thiophene rings is 1. The van der Waals surface area contributed by atoms with E-state index in [1.54, 1.807) is 12.4 Å². The Kier molecular flexibility index (Phi) is 3.96. The van der Waals surface area contributed by atoms with Gasteiger partial charge in [-0.3, -0.25) is 9.88 Å². The number of aromatic nitrogens is 3. The van der Waals surface area contributed by atoms with E-state index in [9.17, 15) is 0 Å². The molecule has 128 valence electrons. The molecule has 0 unspecified atom stereocenters. The molecule has 0 radical (unpaired) electrons. The minimum Gasteiger partial charge on any atom is -0.293 e. The lowest BCUT2D eigenvalue weighted by atomic mass is 10.1. The van der Waals surface area contributed by atoms with E-state index in [1.165, 1.54) is 26.2 Å². The maximum absolute atomic E-state index is 4.80. The summed E-state index contributed by atoms with van der Waals surface area (Å²) in [7, 11) is 0. The minimum absolute atomic E-state index is 0.795. The summed E-state index contributed by atoms with van der Waals surface area (Å²) in [5.74, 6) is 0.795. The molecule has 0 amide bonds. The summed E-state index contributed by atoms with van der Waals surface area (Å²) in [5.41, 5.74) is 3.45. The van der Waals surface area contributed by atoms with Crippen LogP contribution in [0.4, 0.5) is 0 Å². The third-order valence-corrected chi connectivity index (χ3v) is 5.91. The van der Waals surface area contributed by atoms with Crippen molar-refractivity contribution in [2.45, 2.75) is 19.5 Å². The molecule has 1 aliphatic rings. The van der Waals surface area contributed by atoms with Crippen molar-refractivity contribution < 1.29 is 0 Å². The van der Waals surface area contributed by atoms with Crippen LogP contribution in [0.25, 0.3) is 21.5 Å². The Bertz CT molecular complexity index is 1030. The van der Waals surface area contributed by atoms with Crippen LogP contribution in [0.2, 0.25) is 0 Å². The molecule has 0 atom stereocenters. The van der Waals surface area contributed by atoms with Gasteiger partial charge >= 0.3 is 0 Å². The molecule has 0 saturated carbocycles. The summed E-state index contributed by atoms with van der Waals surface area (Å²) in [4.78, 5) is 17.3. The Balaban J connectivity index is 1.35. The highest BCUT2D eigenvalue weighted by Crippen LogP contribution is 2.28. The van der Waals surface area contributed by atoms with Crippen LogP contribution in [0, 0.1) is 0 Å². The topological polar surface area (TPSA) is 41.9 Å². The fourth-order valence-electron chi connectivity index (χ4n) is 3.48. The maximum Gasteiger partial charge on any atom is 0.159 e. The highest BCUT2D eigenvalue weighted by molar-refractivity contribution is 7.19. The van der Waals surface area contributed by atoms with Gasteiger partial charge in [-0.1, -0.05) is 18.2 Å². The lowest BCUT2D eigenvalue weighted by Crippen LogP contribution is -2.30. The number of pyridine rings is 1. The largest absolute Gasteiger partial charge is 0.293 e. The van der Waals surface area contributed by atoms with E-state index in [2.05, 4.69) is 45.2 Å². The van der Waals surface area contributed by atoms with Gasteiger partial charge in [-0.15, -0.1) is 11.3 Å². The fraction of sp³-hybridized carbons (Fsp3) is 0.190. The van der Waals surface area contributed by atoms with Crippen molar-refractivity contribution in [3.05, 3.63) is 77.2 Å². The average molecular weight is 358 g/mol. The van der Waals surface area contributed by atoms with Crippen LogP contribution in [0.3, 0.4) is 0 Å². The van der Waals surface area contributed by atoms with Gasteiger partial charge in [0.15, 0.2) is 5.82 Å². The van der Waals surface area contributed by atoms with Crippen LogP contribution in [-0.2, 0) is 19.5 Å². The molecule has 3 aromatic heterocycles. The molecule has 4 aromatic rings. The smallest absolute Gasteiger partial charge is 0.159 e. The SMILES string of the molecule is c1ccc2sc(CN3CCc4nc(-c5ccncc5)ncc4C3)cc2c1. The monoisotopic (exact) mass is 358 g/mol. The van der Waals surface area contributed by atoms with E-state index < -0.39 is 0 Å². The normalized spacial score (nSPS) is 14.5. The summed E-state index contributed by atoms with van der Waals surface area (Å²) in [6.07, 6.45) is 6.53. The van der Waals surface area contributed by atoms with Crippen molar-refractivity contribution in [2.24, 2.45) is 0 Å². The molecule has 1 aliphatic heterocycles. The number of rotatable bonds is 3. The molecule has 26 heavy (non-hydrogen) atoms. The number of hydrogen-bond acceptors (Lipinski definition) is 5. The highest BCUT2D eigenvalue weighted by atomic mass is 32.1. The molecule has 0 N–H and O–H groups in total. The molecule has 0 fully saturated rings. The molecule has 0 spiro atoms. The van der Waals surface area contributed by atoms with Gasteiger partial charge in [-0.25, -0.2) is 9.97 Å². The molecule has 4 nitrogen and oxygen atoms in total. The standard InChI is InChI=1S/C21H18N4S/c1-2-4-20-16(3-1)11-18(26-20)14-25-10-7-19-17(13-25)12-23-21(24-19)15-5-8-22-9-6-15/h1-6,8-9,11-12H,7,10,13-14H2. The first-order valence-corrected chi connectivity index (χ1v) is 9.62. The van der Waals surface area contributed by atoms with E-state index in [0.29, 0.717) is 0 Å². The van der Waals surface area contributed by atoms with Gasteiger partial charge in [-0.2, -0.15) is 0 Å². The van der Waals surface area contributed by atoms with Gasteiger partial charge in [0.05, 0.1) is 5.69 Å². The lowest BCUT2D eigenvalue weighted by Gasteiger charge is -2.27. The summed E-state index contributed by atoms with van der Waals surface area (Å²) in [6.45, 7) is 2.94. The Morgan fingerprint density at radius 3 is 2.85 bits per heavy atom. The van der Waals surface area contributed by atoms with Crippen LogP contribution >= 0.6 is 11.3 Å². The first kappa shape index (κ1) is 15.6. The van der Waals surface area contributed by atoms with Gasteiger partial charge in [-0.05, 0) is 29.7 Å². The second kappa shape index (κ2) is 6.59. The van der Waals surface area contributed by atoms with Gasteiger partial charge in [0, 0.05) is 65.3 Å². The molecule has 4 heterocycles. The summed E-state index contributed by atoms with van der Waals surface area (Å²) < 4.78 is 1.37. The van der Waals surface area contributed by atoms with E-state index in [0.717, 1.165) is 37.4 Å². The Labute approximate surface area is 156 Å². The number of hydrogen-bond donors (Lipinski definition) is 0. The first-order valence-electron chi connectivity index (χ1n) is 8.80. The highest BCUT2D eigenvalue weighted by Gasteiger charge is 2.19. The zero-order valence-corrected chi connectivity index (χ0v) is 15.1. The predicted molar refractivity (Wildman–Crippen MR) is 105 cm³/mol. The minimum atomic E-state index is 0.795. The number of nitrogens with zero attached hydrogens (tertiary/aromatic N) is 4. The number of fused-ring (bicyclic) bond motifs is 2. The summed E-state index contributed by atoms with van der Waals surface area (Å²) in [5, 5.41) is 1.34. The van der Waals surface area contributed by atoms with E-state index >= 15 is 0 Å². The maximum atomic E-state index is 4.80. The third-order valence-electron chi connectivity index (χ3n) is 4.81. The molecular formula is C21H18N4S. The van der Waals surface area contributed by atoms with Crippen molar-refractivity contribution in [1.29, 1.82) is 0 Å². The second-order valence-corrected chi connectivity index (χ2v) is 7.78. The molecule has 1 aromatic carbocycles. The third kappa shape index (κ3) is 3.00. The predicted octanol–water partition coefficient (Wildman–Crippen LogP) is 4.31. The summed E-state index contributed by atoms with van der Waals surface area (Å²) in [6, 6.07) is 14.8. The Morgan fingerprint density at radius 2 is 1.96 bits per heavy atom. The van der Waals surface area contributed by atoms with Crippen LogP contribution < -0.4 is 0 Å². The van der Waals surface area contributed by atoms with E-state index in [-0.39, 0.29) is 0 Å². The van der Waals surface area contributed by atoms with Crippen LogP contribution in [0.1, 0.15) is 16.1 Å². The zero-order valence-electron chi connectivity index (χ0n) is 14.3. The van der Waals surface area contributed by atoms with E-state index in [1.807, 2.05) is 29.7 Å². The van der Waals surface area contributed by atoms with Crippen LogP contribution in [0.5, 0.6) is 0 Å². The molecule has 0 bridgehead atoms.